The van der Waals surface area contributed by atoms with Gasteiger partial charge in [0.05, 0.1) is 18.4 Å². The molecule has 1 N–H and O–H groups in total. The van der Waals surface area contributed by atoms with E-state index in [2.05, 4.69) is 15.5 Å². The molecule has 28 heavy (non-hydrogen) atoms. The van der Waals surface area contributed by atoms with Crippen LogP contribution in [-0.4, -0.2) is 25.5 Å². The van der Waals surface area contributed by atoms with Gasteiger partial charge in [-0.05, 0) is 25.0 Å². The summed E-state index contributed by atoms with van der Waals surface area (Å²) < 4.78 is 42.4. The smallest absolute Gasteiger partial charge is 0.282 e. The summed E-state index contributed by atoms with van der Waals surface area (Å²) in [7, 11) is 0. The van der Waals surface area contributed by atoms with Gasteiger partial charge in [0.2, 0.25) is 5.91 Å². The van der Waals surface area contributed by atoms with Crippen LogP contribution in [0.2, 0.25) is 0 Å². The van der Waals surface area contributed by atoms with E-state index in [1.54, 1.807) is 24.4 Å². The Labute approximate surface area is 159 Å². The molecule has 9 heteroatoms. The predicted octanol–water partition coefficient (Wildman–Crippen LogP) is 3.72. The number of alkyl halides is 2. The average Bonchev–Trinajstić information content (AvgIpc) is 3.27. The summed E-state index contributed by atoms with van der Waals surface area (Å²) in [6.45, 7) is 0.0717. The summed E-state index contributed by atoms with van der Waals surface area (Å²) in [5.74, 6) is -0.530. The van der Waals surface area contributed by atoms with Crippen LogP contribution in [0.1, 0.15) is 42.1 Å². The largest absolute Gasteiger partial charge is 0.322 e. The van der Waals surface area contributed by atoms with Crippen LogP contribution in [0, 0.1) is 5.82 Å². The highest BCUT2D eigenvalue weighted by Crippen LogP contribution is 2.41. The standard InChI is InChI=1S/C19H18F3N5O/c20-15-4-2-1-3-13(15)9-26-10-14(8-23-26)24-18(28)11-27-17(12-5-6-12)7-16(25-27)19(21)22/h1-4,7-8,10,12,19H,5-6,9,11H2,(H,24,28). The molecular weight excluding hydrogens is 371 g/mol. The van der Waals surface area contributed by atoms with Crippen molar-refractivity contribution in [3.63, 3.8) is 0 Å². The number of nitrogens with one attached hydrogen (secondary N) is 1. The number of rotatable bonds is 7. The van der Waals surface area contributed by atoms with Gasteiger partial charge in [0.25, 0.3) is 6.43 Å². The maximum Gasteiger partial charge on any atom is 0.282 e. The minimum atomic E-state index is -2.67. The normalized spacial score (nSPS) is 13.9. The van der Waals surface area contributed by atoms with Gasteiger partial charge in [-0.1, -0.05) is 18.2 Å². The molecule has 2 heterocycles. The Hall–Kier alpha value is -3.10. The first-order chi connectivity index (χ1) is 13.5. The van der Waals surface area contributed by atoms with E-state index in [9.17, 15) is 18.0 Å². The van der Waals surface area contributed by atoms with E-state index in [0.717, 1.165) is 12.8 Å². The SMILES string of the molecule is O=C(Cn1nc(C(F)F)cc1C1CC1)Nc1cnn(Cc2ccccc2F)c1. The molecule has 1 aromatic carbocycles. The van der Waals surface area contributed by atoms with Crippen molar-refractivity contribution in [2.24, 2.45) is 0 Å². The van der Waals surface area contributed by atoms with Crippen LogP contribution in [-0.2, 0) is 17.9 Å². The molecule has 0 radical (unpaired) electrons. The maximum absolute atomic E-state index is 13.7. The van der Waals surface area contributed by atoms with Crippen molar-refractivity contribution in [1.29, 1.82) is 0 Å². The van der Waals surface area contributed by atoms with Crippen molar-refractivity contribution in [3.8, 4) is 0 Å². The fourth-order valence-corrected chi connectivity index (χ4v) is 3.05. The summed E-state index contributed by atoms with van der Waals surface area (Å²) in [5, 5.41) is 10.6. The van der Waals surface area contributed by atoms with Crippen molar-refractivity contribution in [3.05, 3.63) is 65.5 Å². The van der Waals surface area contributed by atoms with Gasteiger partial charge in [-0.25, -0.2) is 13.2 Å². The summed E-state index contributed by atoms with van der Waals surface area (Å²) in [5.41, 5.74) is 1.28. The number of benzene rings is 1. The zero-order valence-corrected chi connectivity index (χ0v) is 14.9. The van der Waals surface area contributed by atoms with Crippen LogP contribution < -0.4 is 5.32 Å². The summed E-state index contributed by atoms with van der Waals surface area (Å²) in [6.07, 6.45) is 2.20. The number of hydrogen-bond acceptors (Lipinski definition) is 3. The zero-order valence-electron chi connectivity index (χ0n) is 14.9. The molecule has 1 saturated carbocycles. The molecular formula is C19H18F3N5O. The molecule has 1 fully saturated rings. The van der Waals surface area contributed by atoms with E-state index in [-0.39, 0.29) is 30.5 Å². The number of aromatic nitrogens is 4. The third kappa shape index (κ3) is 4.08. The van der Waals surface area contributed by atoms with Crippen molar-refractivity contribution in [2.45, 2.75) is 38.3 Å². The Morgan fingerprint density at radius 2 is 2.07 bits per heavy atom. The van der Waals surface area contributed by atoms with Gasteiger partial charge in [0.1, 0.15) is 18.1 Å². The lowest BCUT2D eigenvalue weighted by Crippen LogP contribution is -2.20. The van der Waals surface area contributed by atoms with E-state index in [4.69, 9.17) is 0 Å². The molecule has 0 unspecified atom stereocenters. The lowest BCUT2D eigenvalue weighted by molar-refractivity contribution is -0.117. The molecule has 0 bridgehead atoms. The van der Waals surface area contributed by atoms with Crippen LogP contribution >= 0.6 is 0 Å². The number of carbonyl (C=O) groups is 1. The third-order valence-corrected chi connectivity index (χ3v) is 4.55. The van der Waals surface area contributed by atoms with Crippen LogP contribution in [0.3, 0.4) is 0 Å². The fraction of sp³-hybridized carbons (Fsp3) is 0.316. The van der Waals surface area contributed by atoms with Gasteiger partial charge in [-0.3, -0.25) is 14.2 Å². The molecule has 146 valence electrons. The van der Waals surface area contributed by atoms with E-state index in [1.807, 2.05) is 0 Å². The van der Waals surface area contributed by atoms with Crippen LogP contribution in [0.25, 0.3) is 0 Å². The van der Waals surface area contributed by atoms with E-state index < -0.39 is 12.3 Å². The highest BCUT2D eigenvalue weighted by Gasteiger charge is 2.30. The Morgan fingerprint density at radius 3 is 2.79 bits per heavy atom. The van der Waals surface area contributed by atoms with Gasteiger partial charge in [0.15, 0.2) is 0 Å². The molecule has 1 amide bonds. The Bertz CT molecular complexity index is 993. The van der Waals surface area contributed by atoms with Crippen LogP contribution in [0.15, 0.2) is 42.7 Å². The van der Waals surface area contributed by atoms with Gasteiger partial charge in [0, 0.05) is 23.4 Å². The van der Waals surface area contributed by atoms with Crippen molar-refractivity contribution in [2.75, 3.05) is 5.32 Å². The second-order valence-electron chi connectivity index (χ2n) is 6.79. The Morgan fingerprint density at radius 1 is 1.29 bits per heavy atom. The third-order valence-electron chi connectivity index (χ3n) is 4.55. The van der Waals surface area contributed by atoms with Gasteiger partial charge in [-0.2, -0.15) is 10.2 Å². The maximum atomic E-state index is 13.7. The predicted molar refractivity (Wildman–Crippen MR) is 95.5 cm³/mol. The van der Waals surface area contributed by atoms with E-state index >= 15 is 0 Å². The minimum absolute atomic E-state index is 0.156. The van der Waals surface area contributed by atoms with Gasteiger partial charge >= 0.3 is 0 Å². The number of anilines is 1. The number of nitrogens with zero attached hydrogens (tertiary/aromatic N) is 4. The molecule has 2 aromatic heterocycles. The van der Waals surface area contributed by atoms with Crippen molar-refractivity contribution < 1.29 is 18.0 Å². The van der Waals surface area contributed by atoms with Crippen molar-refractivity contribution in [1.82, 2.24) is 19.6 Å². The fourth-order valence-electron chi connectivity index (χ4n) is 3.05. The first-order valence-corrected chi connectivity index (χ1v) is 8.91. The molecule has 6 nitrogen and oxygen atoms in total. The van der Waals surface area contributed by atoms with Crippen molar-refractivity contribution >= 4 is 11.6 Å². The molecule has 1 aliphatic carbocycles. The second kappa shape index (κ2) is 7.49. The lowest BCUT2D eigenvalue weighted by Gasteiger charge is -2.07. The molecule has 1 aliphatic rings. The minimum Gasteiger partial charge on any atom is -0.322 e. The van der Waals surface area contributed by atoms with E-state index in [1.165, 1.54) is 27.7 Å². The molecule has 3 aromatic rings. The first kappa shape index (κ1) is 18.3. The molecule has 0 atom stereocenters. The topological polar surface area (TPSA) is 64.7 Å². The van der Waals surface area contributed by atoms with Gasteiger partial charge < -0.3 is 5.32 Å². The van der Waals surface area contributed by atoms with Crippen LogP contribution in [0.4, 0.5) is 18.9 Å². The zero-order chi connectivity index (χ0) is 19.7. The summed E-state index contributed by atoms with van der Waals surface area (Å²) >= 11 is 0. The molecule has 0 saturated heterocycles. The van der Waals surface area contributed by atoms with Gasteiger partial charge in [-0.15, -0.1) is 0 Å². The average molecular weight is 389 g/mol. The summed E-state index contributed by atoms with van der Waals surface area (Å²) in [6, 6.07) is 7.75. The van der Waals surface area contributed by atoms with E-state index in [0.29, 0.717) is 16.9 Å². The molecule has 0 aliphatic heterocycles. The summed E-state index contributed by atoms with van der Waals surface area (Å²) in [4.78, 5) is 12.3. The lowest BCUT2D eigenvalue weighted by atomic mass is 10.2. The molecule has 4 rings (SSSR count). The highest BCUT2D eigenvalue weighted by molar-refractivity contribution is 5.90. The Kier molecular flexibility index (Phi) is 4.89. The number of amides is 1. The number of hydrogen-bond donors (Lipinski definition) is 1. The number of halogens is 3. The first-order valence-electron chi connectivity index (χ1n) is 8.91. The monoisotopic (exact) mass is 389 g/mol. The highest BCUT2D eigenvalue weighted by atomic mass is 19.3. The number of carbonyl (C=O) groups excluding carboxylic acids is 1. The Balaban J connectivity index is 1.41. The van der Waals surface area contributed by atoms with Crippen LogP contribution in [0.5, 0.6) is 0 Å². The second-order valence-corrected chi connectivity index (χ2v) is 6.79. The molecule has 0 spiro atoms. The quantitative estimate of drug-likeness (QED) is 0.670.